The summed E-state index contributed by atoms with van der Waals surface area (Å²) < 4.78 is 18.9. The SMILES string of the molecule is CC(C)(C)CC(CN)c1nc(Cc2ccccc2F)no1. The fourth-order valence-corrected chi connectivity index (χ4v) is 2.33. The third-order valence-electron chi connectivity index (χ3n) is 3.28. The first kappa shape index (κ1) is 15.6. The average Bonchev–Trinajstić information content (AvgIpc) is 2.86. The van der Waals surface area contributed by atoms with E-state index in [1.807, 2.05) is 0 Å². The molecule has 4 nitrogen and oxygen atoms in total. The molecular weight excluding hydrogens is 269 g/mol. The average molecular weight is 291 g/mol. The van der Waals surface area contributed by atoms with Crippen LogP contribution in [0.5, 0.6) is 0 Å². The molecule has 0 bridgehead atoms. The van der Waals surface area contributed by atoms with Crippen molar-refractivity contribution in [2.45, 2.75) is 39.5 Å². The van der Waals surface area contributed by atoms with Gasteiger partial charge in [-0.15, -0.1) is 0 Å². The Hall–Kier alpha value is -1.75. The zero-order valence-electron chi connectivity index (χ0n) is 12.8. The van der Waals surface area contributed by atoms with Crippen molar-refractivity contribution in [1.82, 2.24) is 10.1 Å². The van der Waals surface area contributed by atoms with E-state index < -0.39 is 0 Å². The summed E-state index contributed by atoms with van der Waals surface area (Å²) in [6, 6.07) is 6.61. The molecule has 2 N–H and O–H groups in total. The molecule has 0 saturated heterocycles. The van der Waals surface area contributed by atoms with E-state index in [1.54, 1.807) is 18.2 Å². The molecule has 0 amide bonds. The van der Waals surface area contributed by atoms with Gasteiger partial charge in [-0.25, -0.2) is 4.39 Å². The lowest BCUT2D eigenvalue weighted by atomic mass is 9.84. The van der Waals surface area contributed by atoms with Gasteiger partial charge in [-0.1, -0.05) is 44.1 Å². The molecule has 0 aliphatic carbocycles. The monoisotopic (exact) mass is 291 g/mol. The van der Waals surface area contributed by atoms with Crippen LogP contribution in [0.15, 0.2) is 28.8 Å². The predicted octanol–water partition coefficient (Wildman–Crippen LogP) is 3.28. The predicted molar refractivity (Wildman–Crippen MR) is 79.4 cm³/mol. The van der Waals surface area contributed by atoms with Crippen molar-refractivity contribution in [1.29, 1.82) is 0 Å². The Morgan fingerprint density at radius 2 is 2.00 bits per heavy atom. The molecule has 0 radical (unpaired) electrons. The zero-order valence-corrected chi connectivity index (χ0v) is 12.8. The zero-order chi connectivity index (χ0) is 15.5. The number of benzene rings is 1. The van der Waals surface area contributed by atoms with Crippen LogP contribution in [0.4, 0.5) is 4.39 Å². The molecule has 0 aliphatic heterocycles. The number of halogens is 1. The molecule has 1 aromatic heterocycles. The number of nitrogens with zero attached hydrogens (tertiary/aromatic N) is 2. The van der Waals surface area contributed by atoms with Crippen LogP contribution in [0.3, 0.4) is 0 Å². The summed E-state index contributed by atoms with van der Waals surface area (Å²) in [5.74, 6) is 0.807. The molecular formula is C16H22FN3O. The fraction of sp³-hybridized carbons (Fsp3) is 0.500. The highest BCUT2D eigenvalue weighted by Gasteiger charge is 2.24. The van der Waals surface area contributed by atoms with Crippen LogP contribution >= 0.6 is 0 Å². The van der Waals surface area contributed by atoms with Crippen molar-refractivity contribution < 1.29 is 8.91 Å². The second-order valence-corrected chi connectivity index (χ2v) is 6.51. The van der Waals surface area contributed by atoms with Gasteiger partial charge >= 0.3 is 0 Å². The molecule has 0 fully saturated rings. The van der Waals surface area contributed by atoms with Gasteiger partial charge in [0, 0.05) is 13.0 Å². The van der Waals surface area contributed by atoms with E-state index >= 15 is 0 Å². The highest BCUT2D eigenvalue weighted by atomic mass is 19.1. The summed E-state index contributed by atoms with van der Waals surface area (Å²) in [6.07, 6.45) is 1.19. The maximum Gasteiger partial charge on any atom is 0.231 e. The maximum absolute atomic E-state index is 13.6. The second kappa shape index (κ2) is 6.35. The van der Waals surface area contributed by atoms with Crippen molar-refractivity contribution in [3.8, 4) is 0 Å². The Kier molecular flexibility index (Phi) is 4.73. The molecule has 0 aliphatic rings. The third-order valence-corrected chi connectivity index (χ3v) is 3.28. The third kappa shape index (κ3) is 4.36. The minimum absolute atomic E-state index is 0.0341. The van der Waals surface area contributed by atoms with Crippen molar-refractivity contribution in [3.63, 3.8) is 0 Å². The summed E-state index contributed by atoms with van der Waals surface area (Å²) in [6.45, 7) is 6.89. The van der Waals surface area contributed by atoms with Crippen molar-refractivity contribution in [2.75, 3.05) is 6.54 Å². The molecule has 0 saturated carbocycles. The van der Waals surface area contributed by atoms with Crippen molar-refractivity contribution in [3.05, 3.63) is 47.4 Å². The van der Waals surface area contributed by atoms with E-state index in [1.165, 1.54) is 6.07 Å². The molecule has 1 unspecified atom stereocenters. The number of nitrogens with two attached hydrogens (primary N) is 1. The summed E-state index contributed by atoms with van der Waals surface area (Å²) >= 11 is 0. The second-order valence-electron chi connectivity index (χ2n) is 6.51. The van der Waals surface area contributed by atoms with Crippen LogP contribution in [-0.2, 0) is 6.42 Å². The number of hydrogen-bond acceptors (Lipinski definition) is 4. The van der Waals surface area contributed by atoms with Gasteiger partial charge in [-0.05, 0) is 23.5 Å². The lowest BCUT2D eigenvalue weighted by Gasteiger charge is -2.22. The molecule has 2 rings (SSSR count). The number of rotatable bonds is 5. The first-order valence-corrected chi connectivity index (χ1v) is 7.15. The number of hydrogen-bond donors (Lipinski definition) is 1. The van der Waals surface area contributed by atoms with Crippen molar-refractivity contribution >= 4 is 0 Å². The fourth-order valence-electron chi connectivity index (χ4n) is 2.33. The summed E-state index contributed by atoms with van der Waals surface area (Å²) in [7, 11) is 0. The van der Waals surface area contributed by atoms with E-state index in [9.17, 15) is 4.39 Å². The van der Waals surface area contributed by atoms with Gasteiger partial charge in [-0.3, -0.25) is 0 Å². The highest BCUT2D eigenvalue weighted by Crippen LogP contribution is 2.29. The molecule has 114 valence electrons. The standard InChI is InChI=1S/C16H22FN3O/c1-16(2,3)9-12(10-18)15-19-14(20-21-15)8-11-6-4-5-7-13(11)17/h4-7,12H,8-10,18H2,1-3H3. The summed E-state index contributed by atoms with van der Waals surface area (Å²) in [5.41, 5.74) is 6.50. The van der Waals surface area contributed by atoms with Crippen LogP contribution in [0, 0.1) is 11.2 Å². The molecule has 1 atom stereocenters. The summed E-state index contributed by atoms with van der Waals surface area (Å²) in [5, 5.41) is 3.94. The normalized spacial score (nSPS) is 13.4. The topological polar surface area (TPSA) is 64.9 Å². The first-order chi connectivity index (χ1) is 9.89. The quantitative estimate of drug-likeness (QED) is 0.918. The van der Waals surface area contributed by atoms with Crippen molar-refractivity contribution in [2.24, 2.45) is 11.1 Å². The van der Waals surface area contributed by atoms with Crippen LogP contribution in [-0.4, -0.2) is 16.7 Å². The Morgan fingerprint density at radius 3 is 2.62 bits per heavy atom. The van der Waals surface area contributed by atoms with E-state index in [4.69, 9.17) is 10.3 Å². The van der Waals surface area contributed by atoms with Gasteiger partial charge in [0.25, 0.3) is 0 Å². The van der Waals surface area contributed by atoms with Crippen LogP contribution in [0.1, 0.15) is 50.4 Å². The van der Waals surface area contributed by atoms with Gasteiger partial charge < -0.3 is 10.3 Å². The maximum atomic E-state index is 13.6. The number of aromatic nitrogens is 2. The lowest BCUT2D eigenvalue weighted by Crippen LogP contribution is -2.19. The lowest BCUT2D eigenvalue weighted by molar-refractivity contribution is 0.286. The Balaban J connectivity index is 2.12. The van der Waals surface area contributed by atoms with Gasteiger partial charge in [0.1, 0.15) is 5.82 Å². The van der Waals surface area contributed by atoms with Gasteiger partial charge in [-0.2, -0.15) is 4.98 Å². The van der Waals surface area contributed by atoms with E-state index in [0.29, 0.717) is 30.2 Å². The van der Waals surface area contributed by atoms with Crippen LogP contribution in [0.25, 0.3) is 0 Å². The highest BCUT2D eigenvalue weighted by molar-refractivity contribution is 5.20. The molecule has 5 heteroatoms. The largest absolute Gasteiger partial charge is 0.339 e. The van der Waals surface area contributed by atoms with E-state index in [0.717, 1.165) is 6.42 Å². The minimum Gasteiger partial charge on any atom is -0.339 e. The Labute approximate surface area is 124 Å². The molecule has 2 aromatic rings. The molecule has 21 heavy (non-hydrogen) atoms. The molecule has 1 aromatic carbocycles. The molecule has 0 spiro atoms. The van der Waals surface area contributed by atoms with Gasteiger partial charge in [0.05, 0.1) is 5.92 Å². The van der Waals surface area contributed by atoms with Gasteiger partial charge in [0.15, 0.2) is 5.82 Å². The van der Waals surface area contributed by atoms with Gasteiger partial charge in [0.2, 0.25) is 5.89 Å². The Bertz CT molecular complexity index is 589. The minimum atomic E-state index is -0.256. The van der Waals surface area contributed by atoms with E-state index in [-0.39, 0.29) is 17.2 Å². The smallest absolute Gasteiger partial charge is 0.231 e. The Morgan fingerprint density at radius 1 is 1.29 bits per heavy atom. The van der Waals surface area contributed by atoms with E-state index in [2.05, 4.69) is 30.9 Å². The van der Waals surface area contributed by atoms with Crippen LogP contribution < -0.4 is 5.73 Å². The summed E-state index contributed by atoms with van der Waals surface area (Å²) in [4.78, 5) is 4.38. The molecule has 1 heterocycles. The van der Waals surface area contributed by atoms with Crippen LogP contribution in [0.2, 0.25) is 0 Å². The first-order valence-electron chi connectivity index (χ1n) is 7.15.